The van der Waals surface area contributed by atoms with Crippen LogP contribution in [-0.2, 0) is 17.1 Å². The van der Waals surface area contributed by atoms with Crippen LogP contribution in [0.5, 0.6) is 0 Å². The van der Waals surface area contributed by atoms with Gasteiger partial charge in [0.15, 0.2) is 5.76 Å². The van der Waals surface area contributed by atoms with Gasteiger partial charge in [-0.25, -0.2) is 18.7 Å². The maximum atomic E-state index is 13.6. The van der Waals surface area contributed by atoms with E-state index >= 15 is 0 Å². The molecule has 1 aliphatic carbocycles. The molecule has 7 heteroatoms. The second kappa shape index (κ2) is 10.0. The molecule has 37 heavy (non-hydrogen) atoms. The number of nitrogens with zero attached hydrogens (tertiary/aromatic N) is 3. The van der Waals surface area contributed by atoms with E-state index in [0.29, 0.717) is 29.2 Å². The van der Waals surface area contributed by atoms with Crippen LogP contribution in [-0.4, -0.2) is 27.7 Å². The fourth-order valence-electron chi connectivity index (χ4n) is 5.85. The van der Waals surface area contributed by atoms with Crippen molar-refractivity contribution in [2.24, 2.45) is 5.92 Å². The van der Waals surface area contributed by atoms with E-state index in [2.05, 4.69) is 27.8 Å². The van der Waals surface area contributed by atoms with Crippen molar-refractivity contribution >= 4 is 11.0 Å². The van der Waals surface area contributed by atoms with Gasteiger partial charge in [0.2, 0.25) is 5.89 Å². The van der Waals surface area contributed by atoms with Gasteiger partial charge in [-0.05, 0) is 49.8 Å². The Kier molecular flexibility index (Phi) is 6.57. The van der Waals surface area contributed by atoms with Crippen LogP contribution in [0.3, 0.4) is 0 Å². The van der Waals surface area contributed by atoms with Crippen molar-refractivity contribution in [3.8, 4) is 22.8 Å². The number of benzene rings is 2. The third kappa shape index (κ3) is 5.06. The average Bonchev–Trinajstić information content (AvgIpc) is 3.54. The molecule has 1 saturated carbocycles. The zero-order valence-electron chi connectivity index (χ0n) is 21.3. The first-order valence-electron chi connectivity index (χ1n) is 13.5. The summed E-state index contributed by atoms with van der Waals surface area (Å²) in [5, 5.41) is 0. The van der Waals surface area contributed by atoms with E-state index in [9.17, 15) is 8.78 Å². The number of halogens is 2. The number of hydrogen-bond donors (Lipinski definition) is 0. The lowest BCUT2D eigenvalue weighted by Gasteiger charge is -2.27. The lowest BCUT2D eigenvalue weighted by atomic mass is 9.93. The van der Waals surface area contributed by atoms with Crippen LogP contribution in [0.1, 0.15) is 69.3 Å². The van der Waals surface area contributed by atoms with Gasteiger partial charge in [0.05, 0.1) is 17.2 Å². The molecule has 4 aromatic rings. The van der Waals surface area contributed by atoms with E-state index < -0.39 is 5.92 Å². The molecule has 0 unspecified atom stereocenters. The zero-order valence-corrected chi connectivity index (χ0v) is 21.3. The molecule has 0 atom stereocenters. The van der Waals surface area contributed by atoms with Gasteiger partial charge in [-0.2, -0.15) is 0 Å². The number of oxazole rings is 1. The van der Waals surface area contributed by atoms with Crippen LogP contribution in [0.25, 0.3) is 33.8 Å². The lowest BCUT2D eigenvalue weighted by molar-refractivity contribution is 0.0175. The number of imidazole rings is 1. The van der Waals surface area contributed by atoms with Crippen molar-refractivity contribution in [3.63, 3.8) is 0 Å². The SMILES string of the molecule is CC(F)(F)c1ccc(-c2cnc(-c3ccc4c(c3)nc(CC3CCOCC3)n4C3CCCCC3)o2)cc1. The number of aromatic nitrogens is 3. The summed E-state index contributed by atoms with van der Waals surface area (Å²) in [6.07, 6.45) is 11.1. The molecule has 2 aromatic carbocycles. The first-order valence-corrected chi connectivity index (χ1v) is 13.5. The summed E-state index contributed by atoms with van der Waals surface area (Å²) in [6.45, 7) is 2.58. The maximum Gasteiger partial charge on any atom is 0.270 e. The summed E-state index contributed by atoms with van der Waals surface area (Å²) in [4.78, 5) is 9.64. The van der Waals surface area contributed by atoms with Crippen LogP contribution in [0, 0.1) is 5.92 Å². The quantitative estimate of drug-likeness (QED) is 0.267. The summed E-state index contributed by atoms with van der Waals surface area (Å²) in [6, 6.07) is 12.9. The summed E-state index contributed by atoms with van der Waals surface area (Å²) < 4.78 is 41.3. The molecule has 1 aliphatic heterocycles. The molecule has 3 heterocycles. The zero-order chi connectivity index (χ0) is 25.4. The number of alkyl halides is 2. The van der Waals surface area contributed by atoms with E-state index in [-0.39, 0.29) is 5.56 Å². The van der Waals surface area contributed by atoms with Gasteiger partial charge in [-0.3, -0.25) is 0 Å². The topological polar surface area (TPSA) is 53.1 Å². The molecule has 2 aliphatic rings. The number of rotatable bonds is 6. The van der Waals surface area contributed by atoms with Gasteiger partial charge in [0.25, 0.3) is 5.92 Å². The van der Waals surface area contributed by atoms with Crippen LogP contribution in [0.2, 0.25) is 0 Å². The molecule has 0 N–H and O–H groups in total. The molecular formula is C30H33F2N3O2. The molecule has 5 nitrogen and oxygen atoms in total. The molecule has 2 aromatic heterocycles. The predicted molar refractivity (Wildman–Crippen MR) is 140 cm³/mol. The highest BCUT2D eigenvalue weighted by atomic mass is 19.3. The van der Waals surface area contributed by atoms with Gasteiger partial charge < -0.3 is 13.7 Å². The minimum atomic E-state index is -2.87. The summed E-state index contributed by atoms with van der Waals surface area (Å²) in [5.41, 5.74) is 3.71. The minimum Gasteiger partial charge on any atom is -0.436 e. The monoisotopic (exact) mass is 505 g/mol. The van der Waals surface area contributed by atoms with E-state index in [4.69, 9.17) is 14.1 Å². The average molecular weight is 506 g/mol. The third-order valence-corrected chi connectivity index (χ3v) is 7.94. The van der Waals surface area contributed by atoms with Gasteiger partial charge in [-0.15, -0.1) is 0 Å². The smallest absolute Gasteiger partial charge is 0.270 e. The van der Waals surface area contributed by atoms with Crippen molar-refractivity contribution in [2.45, 2.75) is 70.3 Å². The van der Waals surface area contributed by atoms with E-state index in [1.807, 2.05) is 0 Å². The second-order valence-corrected chi connectivity index (χ2v) is 10.6. The Labute approximate surface area is 215 Å². The minimum absolute atomic E-state index is 0.0217. The van der Waals surface area contributed by atoms with Crippen molar-refractivity contribution in [3.05, 3.63) is 60.0 Å². The van der Waals surface area contributed by atoms with Gasteiger partial charge in [0.1, 0.15) is 5.82 Å². The molecule has 6 rings (SSSR count). The molecule has 2 fully saturated rings. The van der Waals surface area contributed by atoms with Gasteiger partial charge in [-0.1, -0.05) is 43.5 Å². The Morgan fingerprint density at radius 2 is 1.68 bits per heavy atom. The van der Waals surface area contributed by atoms with E-state index in [0.717, 1.165) is 50.5 Å². The fraction of sp³-hybridized carbons (Fsp3) is 0.467. The maximum absolute atomic E-state index is 13.6. The third-order valence-electron chi connectivity index (χ3n) is 7.94. The van der Waals surface area contributed by atoms with Crippen molar-refractivity contribution in [2.75, 3.05) is 13.2 Å². The normalized spacial score (nSPS) is 18.0. The number of fused-ring (bicyclic) bond motifs is 1. The number of ether oxygens (including phenoxy) is 1. The van der Waals surface area contributed by atoms with E-state index in [1.54, 1.807) is 18.3 Å². The first kappa shape index (κ1) is 24.3. The molecule has 1 saturated heterocycles. The Balaban J connectivity index is 1.31. The van der Waals surface area contributed by atoms with Crippen molar-refractivity contribution < 1.29 is 17.9 Å². The molecule has 0 spiro atoms. The molecule has 194 valence electrons. The summed E-state index contributed by atoms with van der Waals surface area (Å²) in [5.74, 6) is -0.0212. The van der Waals surface area contributed by atoms with Crippen LogP contribution < -0.4 is 0 Å². The largest absolute Gasteiger partial charge is 0.436 e. The molecule has 0 bridgehead atoms. The first-order chi connectivity index (χ1) is 18.0. The molecule has 0 radical (unpaired) electrons. The fourth-order valence-corrected chi connectivity index (χ4v) is 5.85. The van der Waals surface area contributed by atoms with Crippen molar-refractivity contribution in [1.29, 1.82) is 0 Å². The van der Waals surface area contributed by atoms with Gasteiger partial charge >= 0.3 is 0 Å². The summed E-state index contributed by atoms with van der Waals surface area (Å²) >= 11 is 0. The Morgan fingerprint density at radius 1 is 0.946 bits per heavy atom. The van der Waals surface area contributed by atoms with Gasteiger partial charge in [0, 0.05) is 49.3 Å². The Morgan fingerprint density at radius 3 is 2.41 bits per heavy atom. The predicted octanol–water partition coefficient (Wildman–Crippen LogP) is 7.94. The van der Waals surface area contributed by atoms with Crippen LogP contribution in [0.15, 0.2) is 53.1 Å². The highest BCUT2D eigenvalue weighted by molar-refractivity contribution is 5.81. The second-order valence-electron chi connectivity index (χ2n) is 10.6. The Hall–Kier alpha value is -3.06. The van der Waals surface area contributed by atoms with Crippen LogP contribution >= 0.6 is 0 Å². The highest BCUT2D eigenvalue weighted by Gasteiger charge is 2.26. The number of hydrogen-bond acceptors (Lipinski definition) is 4. The van der Waals surface area contributed by atoms with E-state index in [1.165, 1.54) is 55.6 Å². The molecular weight excluding hydrogens is 472 g/mol. The Bertz CT molecular complexity index is 1360. The highest BCUT2D eigenvalue weighted by Crippen LogP contribution is 2.36. The van der Waals surface area contributed by atoms with Crippen molar-refractivity contribution in [1.82, 2.24) is 14.5 Å². The summed E-state index contributed by atoms with van der Waals surface area (Å²) in [7, 11) is 0. The standard InChI is InChI=1S/C30H33F2N3O2/c1-30(31,32)23-10-7-21(8-11-23)27-19-33-29(37-27)22-9-12-26-25(18-22)34-28(17-20-13-15-36-16-14-20)35(26)24-5-3-2-4-6-24/h7-12,18-20,24H,2-6,13-17H2,1H3. The lowest BCUT2D eigenvalue weighted by Crippen LogP contribution is -2.21. The van der Waals surface area contributed by atoms with Crippen LogP contribution in [0.4, 0.5) is 8.78 Å². The molecule has 0 amide bonds.